The van der Waals surface area contributed by atoms with Gasteiger partial charge in [0.1, 0.15) is 5.75 Å². The van der Waals surface area contributed by atoms with Crippen LogP contribution in [-0.2, 0) is 11.3 Å². The van der Waals surface area contributed by atoms with E-state index >= 15 is 0 Å². The number of hydrogen-bond acceptors (Lipinski definition) is 3. The molecular weight excluding hydrogens is 264 g/mol. The molecule has 0 unspecified atom stereocenters. The van der Waals surface area contributed by atoms with E-state index in [2.05, 4.69) is 28.4 Å². The highest BCUT2D eigenvalue weighted by atomic mass is 16.5. The number of benzene rings is 1. The SMILES string of the molecule is COc1ccc(CN2CCC=C([C@H](C)NC(C)=O)C2)cc1. The monoisotopic (exact) mass is 288 g/mol. The largest absolute Gasteiger partial charge is 0.497 e. The van der Waals surface area contributed by atoms with Crippen LogP contribution >= 0.6 is 0 Å². The van der Waals surface area contributed by atoms with Crippen LogP contribution in [0.5, 0.6) is 5.75 Å². The third-order valence-corrected chi connectivity index (χ3v) is 3.80. The van der Waals surface area contributed by atoms with Gasteiger partial charge in [0, 0.05) is 32.6 Å². The van der Waals surface area contributed by atoms with Crippen molar-refractivity contribution in [3.8, 4) is 5.75 Å². The van der Waals surface area contributed by atoms with Crippen LogP contribution in [0.4, 0.5) is 0 Å². The van der Waals surface area contributed by atoms with E-state index < -0.39 is 0 Å². The summed E-state index contributed by atoms with van der Waals surface area (Å²) in [5.41, 5.74) is 2.58. The van der Waals surface area contributed by atoms with E-state index in [4.69, 9.17) is 4.74 Å². The molecule has 1 aliphatic heterocycles. The molecule has 0 bridgehead atoms. The molecule has 0 aromatic heterocycles. The predicted molar refractivity (Wildman–Crippen MR) is 84.2 cm³/mol. The number of hydrogen-bond donors (Lipinski definition) is 1. The second kappa shape index (κ2) is 7.27. The summed E-state index contributed by atoms with van der Waals surface area (Å²) in [7, 11) is 1.68. The van der Waals surface area contributed by atoms with E-state index in [1.54, 1.807) is 14.0 Å². The third kappa shape index (κ3) is 4.60. The van der Waals surface area contributed by atoms with Crippen LogP contribution < -0.4 is 10.1 Å². The Bertz CT molecular complexity index is 508. The highest BCUT2D eigenvalue weighted by Crippen LogP contribution is 2.18. The normalized spacial score (nSPS) is 17.0. The smallest absolute Gasteiger partial charge is 0.217 e. The first-order valence-corrected chi connectivity index (χ1v) is 7.40. The molecule has 4 heteroatoms. The number of nitrogens with one attached hydrogen (secondary N) is 1. The first kappa shape index (κ1) is 15.6. The van der Waals surface area contributed by atoms with Crippen molar-refractivity contribution in [1.29, 1.82) is 0 Å². The number of nitrogens with zero attached hydrogens (tertiary/aromatic N) is 1. The summed E-state index contributed by atoms with van der Waals surface area (Å²) in [6.45, 7) is 6.50. The number of carbonyl (C=O) groups excluding carboxylic acids is 1. The second-order valence-corrected chi connectivity index (χ2v) is 5.55. The Morgan fingerprint density at radius 2 is 2.10 bits per heavy atom. The van der Waals surface area contributed by atoms with Crippen molar-refractivity contribution in [1.82, 2.24) is 10.2 Å². The number of amides is 1. The van der Waals surface area contributed by atoms with E-state index in [1.165, 1.54) is 11.1 Å². The highest BCUT2D eigenvalue weighted by molar-refractivity contribution is 5.73. The van der Waals surface area contributed by atoms with Crippen molar-refractivity contribution < 1.29 is 9.53 Å². The van der Waals surface area contributed by atoms with Crippen LogP contribution in [0.3, 0.4) is 0 Å². The van der Waals surface area contributed by atoms with Gasteiger partial charge in [-0.2, -0.15) is 0 Å². The Morgan fingerprint density at radius 1 is 1.38 bits per heavy atom. The number of rotatable bonds is 5. The van der Waals surface area contributed by atoms with Crippen LogP contribution in [0, 0.1) is 0 Å². The molecule has 0 radical (unpaired) electrons. The molecule has 0 saturated carbocycles. The average molecular weight is 288 g/mol. The van der Waals surface area contributed by atoms with Crippen molar-refractivity contribution in [3.63, 3.8) is 0 Å². The number of ether oxygens (including phenoxy) is 1. The molecule has 1 aromatic rings. The zero-order valence-electron chi connectivity index (χ0n) is 13.1. The van der Waals surface area contributed by atoms with Crippen LogP contribution in [0.2, 0.25) is 0 Å². The van der Waals surface area contributed by atoms with Crippen molar-refractivity contribution in [2.24, 2.45) is 0 Å². The summed E-state index contributed by atoms with van der Waals surface area (Å²) in [5, 5.41) is 2.96. The zero-order valence-corrected chi connectivity index (χ0v) is 13.1. The van der Waals surface area contributed by atoms with Gasteiger partial charge in [0.2, 0.25) is 5.91 Å². The molecule has 0 fully saturated rings. The number of methoxy groups -OCH3 is 1. The molecule has 4 nitrogen and oxygen atoms in total. The Hall–Kier alpha value is -1.81. The fourth-order valence-electron chi connectivity index (χ4n) is 2.67. The maximum Gasteiger partial charge on any atom is 0.217 e. The lowest BCUT2D eigenvalue weighted by Crippen LogP contribution is -2.39. The fraction of sp³-hybridized carbons (Fsp3) is 0.471. The Labute approximate surface area is 126 Å². The molecule has 114 valence electrons. The molecular formula is C17H24N2O2. The topological polar surface area (TPSA) is 41.6 Å². The van der Waals surface area contributed by atoms with Gasteiger partial charge in [-0.15, -0.1) is 0 Å². The van der Waals surface area contributed by atoms with Crippen LogP contribution in [0.25, 0.3) is 0 Å². The summed E-state index contributed by atoms with van der Waals surface area (Å²) in [6, 6.07) is 8.31. The van der Waals surface area contributed by atoms with Crippen molar-refractivity contribution in [2.45, 2.75) is 32.9 Å². The van der Waals surface area contributed by atoms with Gasteiger partial charge < -0.3 is 10.1 Å². The third-order valence-electron chi connectivity index (χ3n) is 3.80. The van der Waals surface area contributed by atoms with E-state index in [0.717, 1.165) is 31.8 Å². The molecule has 1 atom stereocenters. The Kier molecular flexibility index (Phi) is 5.39. The quantitative estimate of drug-likeness (QED) is 0.846. The molecule has 0 aliphatic carbocycles. The second-order valence-electron chi connectivity index (χ2n) is 5.55. The van der Waals surface area contributed by atoms with Gasteiger partial charge in [-0.25, -0.2) is 0 Å². The molecule has 1 N–H and O–H groups in total. The van der Waals surface area contributed by atoms with Gasteiger partial charge in [-0.1, -0.05) is 18.2 Å². The van der Waals surface area contributed by atoms with Gasteiger partial charge in [0.15, 0.2) is 0 Å². The number of carbonyl (C=O) groups is 1. The van der Waals surface area contributed by atoms with Crippen LogP contribution in [0.15, 0.2) is 35.9 Å². The summed E-state index contributed by atoms with van der Waals surface area (Å²) in [5.74, 6) is 0.910. The van der Waals surface area contributed by atoms with Gasteiger partial charge >= 0.3 is 0 Å². The minimum absolute atomic E-state index is 0.0238. The summed E-state index contributed by atoms with van der Waals surface area (Å²) in [4.78, 5) is 13.6. The summed E-state index contributed by atoms with van der Waals surface area (Å²) in [6.07, 6.45) is 3.29. The van der Waals surface area contributed by atoms with Gasteiger partial charge in [-0.05, 0) is 36.6 Å². The highest BCUT2D eigenvalue weighted by Gasteiger charge is 2.17. The molecule has 2 rings (SSSR count). The lowest BCUT2D eigenvalue weighted by atomic mass is 10.0. The maximum atomic E-state index is 11.2. The fourth-order valence-corrected chi connectivity index (χ4v) is 2.67. The standard InChI is InChI=1S/C17H24N2O2/c1-13(18-14(2)20)16-5-4-10-19(12-16)11-15-6-8-17(21-3)9-7-15/h5-9,13H,4,10-12H2,1-3H3,(H,18,20)/t13-/m0/s1. The lowest BCUT2D eigenvalue weighted by Gasteiger charge is -2.30. The van der Waals surface area contributed by atoms with E-state index in [0.29, 0.717) is 0 Å². The first-order valence-electron chi connectivity index (χ1n) is 7.40. The van der Waals surface area contributed by atoms with Crippen molar-refractivity contribution >= 4 is 5.91 Å². The molecule has 0 spiro atoms. The van der Waals surface area contributed by atoms with Gasteiger partial charge in [0.25, 0.3) is 0 Å². The van der Waals surface area contributed by atoms with Crippen molar-refractivity contribution in [2.75, 3.05) is 20.2 Å². The Morgan fingerprint density at radius 3 is 2.71 bits per heavy atom. The molecule has 21 heavy (non-hydrogen) atoms. The van der Waals surface area contributed by atoms with Gasteiger partial charge in [-0.3, -0.25) is 9.69 Å². The maximum absolute atomic E-state index is 11.2. The molecule has 1 heterocycles. The summed E-state index contributed by atoms with van der Waals surface area (Å²) >= 11 is 0. The van der Waals surface area contributed by atoms with Crippen molar-refractivity contribution in [3.05, 3.63) is 41.5 Å². The van der Waals surface area contributed by atoms with Crippen LogP contribution in [-0.4, -0.2) is 37.0 Å². The lowest BCUT2D eigenvalue weighted by molar-refractivity contribution is -0.119. The van der Waals surface area contributed by atoms with E-state index in [9.17, 15) is 4.79 Å². The van der Waals surface area contributed by atoms with E-state index in [1.807, 2.05) is 19.1 Å². The minimum Gasteiger partial charge on any atom is -0.497 e. The molecule has 1 aliphatic rings. The molecule has 1 aromatic carbocycles. The van der Waals surface area contributed by atoms with Gasteiger partial charge in [0.05, 0.1) is 7.11 Å². The van der Waals surface area contributed by atoms with Crippen LogP contribution in [0.1, 0.15) is 25.8 Å². The average Bonchev–Trinajstić information content (AvgIpc) is 2.47. The first-order chi connectivity index (χ1) is 10.1. The predicted octanol–water partition coefficient (Wildman–Crippen LogP) is 2.35. The molecule has 1 amide bonds. The molecule has 0 saturated heterocycles. The van der Waals surface area contributed by atoms with E-state index in [-0.39, 0.29) is 11.9 Å². The minimum atomic E-state index is 0.0238. The Balaban J connectivity index is 1.93. The zero-order chi connectivity index (χ0) is 15.2. The summed E-state index contributed by atoms with van der Waals surface area (Å²) < 4.78 is 5.18.